The Hall–Kier alpha value is -1.62. The molecule has 0 aromatic heterocycles. The maximum atomic E-state index is 13.0. The van der Waals surface area contributed by atoms with Crippen LogP contribution in [0.4, 0.5) is 9.18 Å². The summed E-state index contributed by atoms with van der Waals surface area (Å²) in [6.07, 6.45) is 0.811. The summed E-state index contributed by atoms with van der Waals surface area (Å²) >= 11 is 0. The van der Waals surface area contributed by atoms with Gasteiger partial charge in [-0.05, 0) is 30.5 Å². The molecule has 0 radical (unpaired) electrons. The average Bonchev–Trinajstić information content (AvgIpc) is 2.91. The van der Waals surface area contributed by atoms with Crippen LogP contribution in [-0.2, 0) is 9.47 Å². The molecular weight excluding hydrogens is 237 g/mol. The molecule has 3 rings (SSSR count). The number of hydrogen-bond donors (Lipinski definition) is 0. The van der Waals surface area contributed by atoms with E-state index >= 15 is 0 Å². The minimum absolute atomic E-state index is 0.312. The Morgan fingerprint density at radius 1 is 1.39 bits per heavy atom. The van der Waals surface area contributed by atoms with Crippen LogP contribution in [-0.4, -0.2) is 30.4 Å². The molecule has 0 unspecified atom stereocenters. The van der Waals surface area contributed by atoms with Crippen molar-refractivity contribution in [2.45, 2.75) is 25.2 Å². The summed E-state index contributed by atoms with van der Waals surface area (Å²) in [6.45, 7) is 1.49. The zero-order valence-electron chi connectivity index (χ0n) is 9.84. The fraction of sp³-hybridized carbons (Fsp3) is 0.462. The van der Waals surface area contributed by atoms with E-state index in [1.54, 1.807) is 17.0 Å². The molecule has 2 heterocycles. The molecule has 5 heteroatoms. The lowest BCUT2D eigenvalue weighted by atomic mass is 10.1. The molecule has 2 atom stereocenters. The van der Waals surface area contributed by atoms with Gasteiger partial charge in [0.05, 0.1) is 0 Å². The summed E-state index contributed by atoms with van der Waals surface area (Å²) in [5.74, 6) is -0.312. The van der Waals surface area contributed by atoms with Crippen molar-refractivity contribution in [2.75, 3.05) is 13.1 Å². The van der Waals surface area contributed by atoms with Crippen molar-refractivity contribution < 1.29 is 18.7 Å². The second kappa shape index (κ2) is 4.57. The molecule has 2 aliphatic rings. The van der Waals surface area contributed by atoms with Crippen LogP contribution in [0, 0.1) is 5.82 Å². The van der Waals surface area contributed by atoms with Gasteiger partial charge in [-0.25, -0.2) is 9.18 Å². The number of hydrogen-bond acceptors (Lipinski definition) is 3. The van der Waals surface area contributed by atoms with Gasteiger partial charge in [0, 0.05) is 13.1 Å². The highest BCUT2D eigenvalue weighted by Crippen LogP contribution is 2.39. The summed E-state index contributed by atoms with van der Waals surface area (Å²) < 4.78 is 23.5. The molecule has 1 amide bonds. The van der Waals surface area contributed by atoms with Gasteiger partial charge in [-0.2, -0.15) is 0 Å². The number of likely N-dealkylation sites (tertiary alicyclic amines) is 1. The number of carbonyl (C=O) groups excluding carboxylic acids is 1. The zero-order valence-corrected chi connectivity index (χ0v) is 9.84. The Kier molecular flexibility index (Phi) is 2.91. The van der Waals surface area contributed by atoms with Crippen LogP contribution < -0.4 is 0 Å². The minimum Gasteiger partial charge on any atom is -0.416 e. The van der Waals surface area contributed by atoms with Gasteiger partial charge in [0.2, 0.25) is 6.29 Å². The van der Waals surface area contributed by atoms with Crippen molar-refractivity contribution >= 4 is 6.09 Å². The first-order chi connectivity index (χ1) is 8.74. The Labute approximate surface area is 104 Å². The molecule has 1 aromatic rings. The van der Waals surface area contributed by atoms with Crippen molar-refractivity contribution in [1.29, 1.82) is 0 Å². The quantitative estimate of drug-likeness (QED) is 0.758. The van der Waals surface area contributed by atoms with Crippen LogP contribution in [0.1, 0.15) is 24.5 Å². The Morgan fingerprint density at radius 2 is 2.17 bits per heavy atom. The molecule has 0 aliphatic carbocycles. The number of epoxide rings is 1. The van der Waals surface area contributed by atoms with Crippen LogP contribution >= 0.6 is 0 Å². The lowest BCUT2D eigenvalue weighted by molar-refractivity contribution is 0.0658. The maximum absolute atomic E-state index is 13.0. The van der Waals surface area contributed by atoms with Crippen LogP contribution in [0.15, 0.2) is 24.3 Å². The van der Waals surface area contributed by atoms with E-state index in [1.165, 1.54) is 12.1 Å². The van der Waals surface area contributed by atoms with E-state index in [0.29, 0.717) is 5.56 Å². The summed E-state index contributed by atoms with van der Waals surface area (Å²) in [5, 5.41) is 0. The van der Waals surface area contributed by atoms with E-state index in [0.717, 1.165) is 25.9 Å². The van der Waals surface area contributed by atoms with Crippen molar-refractivity contribution in [1.82, 2.24) is 4.90 Å². The molecule has 96 valence electrons. The Balaban J connectivity index is 1.56. The minimum atomic E-state index is -0.570. The van der Waals surface area contributed by atoms with E-state index in [9.17, 15) is 9.18 Å². The third-order valence-electron chi connectivity index (χ3n) is 3.21. The van der Waals surface area contributed by atoms with Crippen molar-refractivity contribution in [3.8, 4) is 0 Å². The highest BCUT2D eigenvalue weighted by molar-refractivity contribution is 5.68. The molecule has 0 spiro atoms. The number of rotatable bonds is 2. The molecule has 0 N–H and O–H groups in total. The maximum Gasteiger partial charge on any atom is 0.412 e. The second-order valence-electron chi connectivity index (χ2n) is 4.56. The van der Waals surface area contributed by atoms with Crippen molar-refractivity contribution in [2.24, 2.45) is 0 Å². The van der Waals surface area contributed by atoms with Crippen LogP contribution in [0.3, 0.4) is 0 Å². The van der Waals surface area contributed by atoms with E-state index in [1.807, 2.05) is 0 Å². The van der Waals surface area contributed by atoms with Gasteiger partial charge in [-0.1, -0.05) is 12.1 Å². The van der Waals surface area contributed by atoms with Crippen LogP contribution in [0.25, 0.3) is 0 Å². The van der Waals surface area contributed by atoms with Crippen LogP contribution in [0.5, 0.6) is 0 Å². The number of nitrogens with zero attached hydrogens (tertiary/aromatic N) is 1. The highest BCUT2D eigenvalue weighted by Gasteiger charge is 2.45. The first kappa shape index (κ1) is 11.5. The number of halogens is 1. The monoisotopic (exact) mass is 251 g/mol. The molecule has 18 heavy (non-hydrogen) atoms. The van der Waals surface area contributed by atoms with Gasteiger partial charge in [-0.3, -0.25) is 0 Å². The van der Waals surface area contributed by atoms with Gasteiger partial charge in [0.15, 0.2) is 0 Å². The van der Waals surface area contributed by atoms with E-state index in [4.69, 9.17) is 9.47 Å². The molecule has 1 aromatic carbocycles. The SMILES string of the molecule is O=C(O[C@@H]1O[C@@H]1c1cccc(F)c1)N1CCCC1. The normalized spacial score (nSPS) is 26.2. The Bertz CT molecular complexity index is 459. The summed E-state index contributed by atoms with van der Waals surface area (Å²) in [6, 6.07) is 6.15. The number of amides is 1. The molecule has 0 saturated carbocycles. The zero-order chi connectivity index (χ0) is 12.5. The first-order valence-corrected chi connectivity index (χ1v) is 6.10. The van der Waals surface area contributed by atoms with E-state index in [2.05, 4.69) is 0 Å². The van der Waals surface area contributed by atoms with Crippen molar-refractivity contribution in [3.05, 3.63) is 35.6 Å². The number of benzene rings is 1. The fourth-order valence-electron chi connectivity index (χ4n) is 2.18. The van der Waals surface area contributed by atoms with Gasteiger partial charge in [-0.15, -0.1) is 0 Å². The third-order valence-corrected chi connectivity index (χ3v) is 3.21. The molecule has 0 bridgehead atoms. The smallest absolute Gasteiger partial charge is 0.412 e. The molecule has 2 aliphatic heterocycles. The molecular formula is C13H14FNO3. The second-order valence-corrected chi connectivity index (χ2v) is 4.56. The topological polar surface area (TPSA) is 42.1 Å². The van der Waals surface area contributed by atoms with Gasteiger partial charge in [0.1, 0.15) is 11.9 Å². The fourth-order valence-corrected chi connectivity index (χ4v) is 2.18. The molecule has 4 nitrogen and oxygen atoms in total. The predicted octanol–water partition coefficient (Wildman–Crippen LogP) is 2.46. The standard InChI is InChI=1S/C13H14FNO3/c14-10-5-3-4-9(8-10)11-12(17-11)18-13(16)15-6-1-2-7-15/h3-5,8,11-12H,1-2,6-7H2/t11-,12+/m1/s1. The lowest BCUT2D eigenvalue weighted by Gasteiger charge is -2.13. The molecule has 2 saturated heterocycles. The number of carbonyl (C=O) groups is 1. The summed E-state index contributed by atoms with van der Waals surface area (Å²) in [5.41, 5.74) is 0.703. The van der Waals surface area contributed by atoms with E-state index < -0.39 is 6.29 Å². The van der Waals surface area contributed by atoms with Gasteiger partial charge in [0.25, 0.3) is 0 Å². The first-order valence-electron chi connectivity index (χ1n) is 6.10. The largest absolute Gasteiger partial charge is 0.416 e. The predicted molar refractivity (Wildman–Crippen MR) is 61.3 cm³/mol. The average molecular weight is 251 g/mol. The molecule has 2 fully saturated rings. The highest BCUT2D eigenvalue weighted by atomic mass is 19.1. The summed E-state index contributed by atoms with van der Waals surface area (Å²) in [7, 11) is 0. The number of ether oxygens (including phenoxy) is 2. The lowest BCUT2D eigenvalue weighted by Crippen LogP contribution is -2.29. The van der Waals surface area contributed by atoms with Crippen LogP contribution in [0.2, 0.25) is 0 Å². The van der Waals surface area contributed by atoms with E-state index in [-0.39, 0.29) is 18.0 Å². The van der Waals surface area contributed by atoms with Gasteiger partial charge < -0.3 is 14.4 Å². The third kappa shape index (κ3) is 2.31. The summed E-state index contributed by atoms with van der Waals surface area (Å²) in [4.78, 5) is 13.4. The van der Waals surface area contributed by atoms with Gasteiger partial charge >= 0.3 is 6.09 Å². The Morgan fingerprint density at radius 3 is 2.89 bits per heavy atom. The van der Waals surface area contributed by atoms with Crippen molar-refractivity contribution in [3.63, 3.8) is 0 Å².